The van der Waals surface area contributed by atoms with Gasteiger partial charge in [-0.15, -0.1) is 0 Å². The van der Waals surface area contributed by atoms with E-state index in [1.807, 2.05) is 42.5 Å². The molecule has 1 nitrogen and oxygen atoms in total. The highest BCUT2D eigenvalue weighted by Crippen LogP contribution is 1.99. The Morgan fingerprint density at radius 3 is 2.50 bits per heavy atom. The van der Waals surface area contributed by atoms with Crippen LogP contribution in [0, 0.1) is 0 Å². The second-order valence-corrected chi connectivity index (χ2v) is 2.02. The first-order valence-corrected chi connectivity index (χ1v) is 3.29. The largest absolute Gasteiger partial charge is 0.254 e. The minimum Gasteiger partial charge on any atom is -0.254 e. The number of hydrogen-bond acceptors (Lipinski definition) is 0. The molecule has 51 valence electrons. The highest BCUT2D eigenvalue weighted by atomic mass is 14.5. The minimum absolute atomic E-state index is 0.356. The molecule has 0 saturated carbocycles. The predicted molar refractivity (Wildman–Crippen MR) is 43.4 cm³/mol. The standard InChI is InChI=1S/C9H10N/c10-8-4-7-9-5-2-1-3-6-9/h1-7,10H,8H2/b7-4+. The Morgan fingerprint density at radius 2 is 1.90 bits per heavy atom. The van der Waals surface area contributed by atoms with Gasteiger partial charge in [0.1, 0.15) is 0 Å². The molecule has 0 spiro atoms. The summed E-state index contributed by atoms with van der Waals surface area (Å²) in [7, 11) is 0. The molecule has 10 heavy (non-hydrogen) atoms. The summed E-state index contributed by atoms with van der Waals surface area (Å²) in [5.41, 5.74) is 8.03. The van der Waals surface area contributed by atoms with Crippen molar-refractivity contribution in [2.75, 3.05) is 6.54 Å². The van der Waals surface area contributed by atoms with E-state index in [1.54, 1.807) is 0 Å². The first-order valence-electron chi connectivity index (χ1n) is 3.29. The molecule has 0 bridgehead atoms. The maximum absolute atomic E-state index is 6.87. The van der Waals surface area contributed by atoms with Gasteiger partial charge in [-0.3, -0.25) is 5.73 Å². The predicted octanol–water partition coefficient (Wildman–Crippen LogP) is 1.98. The molecule has 0 heterocycles. The quantitative estimate of drug-likeness (QED) is 0.587. The van der Waals surface area contributed by atoms with Crippen LogP contribution >= 0.6 is 0 Å². The Bertz CT molecular complexity index is 201. The number of hydrogen-bond donors (Lipinski definition) is 0. The van der Waals surface area contributed by atoms with Gasteiger partial charge in [-0.05, 0) is 5.56 Å². The summed E-state index contributed by atoms with van der Waals surface area (Å²) in [6.07, 6.45) is 3.78. The Hall–Kier alpha value is -1.08. The maximum atomic E-state index is 6.87. The lowest BCUT2D eigenvalue weighted by Gasteiger charge is -1.88. The van der Waals surface area contributed by atoms with Crippen molar-refractivity contribution in [1.82, 2.24) is 5.73 Å². The van der Waals surface area contributed by atoms with E-state index in [4.69, 9.17) is 5.73 Å². The van der Waals surface area contributed by atoms with E-state index >= 15 is 0 Å². The van der Waals surface area contributed by atoms with Crippen molar-refractivity contribution in [2.45, 2.75) is 0 Å². The maximum Gasteiger partial charge on any atom is 0.0284 e. The van der Waals surface area contributed by atoms with Crippen LogP contribution in [0.15, 0.2) is 36.4 Å². The molecule has 0 aliphatic rings. The monoisotopic (exact) mass is 132 g/mol. The van der Waals surface area contributed by atoms with E-state index in [9.17, 15) is 0 Å². The van der Waals surface area contributed by atoms with Crippen LogP contribution < -0.4 is 5.73 Å². The zero-order valence-electron chi connectivity index (χ0n) is 5.75. The highest BCUT2D eigenvalue weighted by molar-refractivity contribution is 5.48. The van der Waals surface area contributed by atoms with E-state index in [0.717, 1.165) is 5.56 Å². The summed E-state index contributed by atoms with van der Waals surface area (Å²) in [5, 5.41) is 0. The van der Waals surface area contributed by atoms with Gasteiger partial charge in [-0.2, -0.15) is 0 Å². The van der Waals surface area contributed by atoms with Gasteiger partial charge in [0.05, 0.1) is 0 Å². The summed E-state index contributed by atoms with van der Waals surface area (Å²) in [6.45, 7) is 0.356. The number of nitrogens with one attached hydrogen (secondary N) is 1. The molecule has 0 aliphatic heterocycles. The third kappa shape index (κ3) is 2.03. The molecule has 1 N–H and O–H groups in total. The van der Waals surface area contributed by atoms with Crippen LogP contribution in [0.4, 0.5) is 0 Å². The summed E-state index contributed by atoms with van der Waals surface area (Å²) in [5.74, 6) is 0. The van der Waals surface area contributed by atoms with Gasteiger partial charge in [-0.25, -0.2) is 0 Å². The van der Waals surface area contributed by atoms with Crippen molar-refractivity contribution in [3.63, 3.8) is 0 Å². The average molecular weight is 132 g/mol. The zero-order valence-corrected chi connectivity index (χ0v) is 5.75. The second kappa shape index (κ2) is 3.85. The summed E-state index contributed by atoms with van der Waals surface area (Å²) in [6, 6.07) is 10.0. The van der Waals surface area contributed by atoms with Crippen molar-refractivity contribution < 1.29 is 0 Å². The van der Waals surface area contributed by atoms with Crippen molar-refractivity contribution in [1.29, 1.82) is 0 Å². The van der Waals surface area contributed by atoms with Crippen LogP contribution in [0.1, 0.15) is 5.56 Å². The molecule has 0 unspecified atom stereocenters. The van der Waals surface area contributed by atoms with Gasteiger partial charge in [-0.1, -0.05) is 42.5 Å². The van der Waals surface area contributed by atoms with Gasteiger partial charge in [0.15, 0.2) is 0 Å². The molecule has 1 heteroatoms. The number of benzene rings is 1. The lowest BCUT2D eigenvalue weighted by atomic mass is 10.2. The first kappa shape index (κ1) is 7.03. The molecule has 1 aromatic carbocycles. The fraction of sp³-hybridized carbons (Fsp3) is 0.111. The SMILES string of the molecule is [NH]C/C=C/c1ccccc1. The van der Waals surface area contributed by atoms with Gasteiger partial charge in [0.2, 0.25) is 0 Å². The van der Waals surface area contributed by atoms with E-state index in [1.165, 1.54) is 0 Å². The van der Waals surface area contributed by atoms with Crippen LogP contribution in [0.2, 0.25) is 0 Å². The second-order valence-electron chi connectivity index (χ2n) is 2.02. The topological polar surface area (TPSA) is 23.8 Å². The third-order valence-corrected chi connectivity index (χ3v) is 1.23. The smallest absolute Gasteiger partial charge is 0.0284 e. The van der Waals surface area contributed by atoms with Crippen molar-refractivity contribution in [3.05, 3.63) is 42.0 Å². The Balaban J connectivity index is 2.67. The molecule has 1 rings (SSSR count). The van der Waals surface area contributed by atoms with Gasteiger partial charge < -0.3 is 0 Å². The van der Waals surface area contributed by atoms with Crippen LogP contribution in [0.3, 0.4) is 0 Å². The Morgan fingerprint density at radius 1 is 1.20 bits per heavy atom. The van der Waals surface area contributed by atoms with Crippen LogP contribution in [0.25, 0.3) is 6.08 Å². The normalized spacial score (nSPS) is 10.5. The van der Waals surface area contributed by atoms with Crippen molar-refractivity contribution >= 4 is 6.08 Å². The molecule has 0 amide bonds. The van der Waals surface area contributed by atoms with Gasteiger partial charge >= 0.3 is 0 Å². The lowest BCUT2D eigenvalue weighted by molar-refractivity contribution is 1.20. The highest BCUT2D eigenvalue weighted by Gasteiger charge is 1.79. The molecule has 0 fully saturated rings. The molecular formula is C9H10N. The molecule has 0 atom stereocenters. The molecule has 0 saturated heterocycles. The van der Waals surface area contributed by atoms with E-state index in [0.29, 0.717) is 6.54 Å². The fourth-order valence-corrected chi connectivity index (χ4v) is 0.759. The molecule has 1 radical (unpaired) electrons. The van der Waals surface area contributed by atoms with Crippen molar-refractivity contribution in [3.8, 4) is 0 Å². The van der Waals surface area contributed by atoms with Gasteiger partial charge in [0, 0.05) is 6.54 Å². The first-order chi connectivity index (χ1) is 4.93. The average Bonchev–Trinajstić information content (AvgIpc) is 2.03. The fourth-order valence-electron chi connectivity index (χ4n) is 0.759. The summed E-state index contributed by atoms with van der Waals surface area (Å²) < 4.78 is 0. The summed E-state index contributed by atoms with van der Waals surface area (Å²) in [4.78, 5) is 0. The lowest BCUT2D eigenvalue weighted by Crippen LogP contribution is -1.74. The van der Waals surface area contributed by atoms with E-state index in [2.05, 4.69) is 0 Å². The van der Waals surface area contributed by atoms with Crippen LogP contribution in [0.5, 0.6) is 0 Å². The van der Waals surface area contributed by atoms with Crippen LogP contribution in [-0.4, -0.2) is 6.54 Å². The number of rotatable bonds is 2. The summed E-state index contributed by atoms with van der Waals surface area (Å²) >= 11 is 0. The van der Waals surface area contributed by atoms with Crippen molar-refractivity contribution in [2.24, 2.45) is 0 Å². The Kier molecular flexibility index (Phi) is 2.71. The molecule has 0 aromatic heterocycles. The van der Waals surface area contributed by atoms with E-state index < -0.39 is 0 Å². The third-order valence-electron chi connectivity index (χ3n) is 1.23. The molecular weight excluding hydrogens is 122 g/mol. The van der Waals surface area contributed by atoms with Gasteiger partial charge in [0.25, 0.3) is 0 Å². The minimum atomic E-state index is 0.356. The Labute approximate surface area is 61.2 Å². The zero-order chi connectivity index (χ0) is 7.23. The van der Waals surface area contributed by atoms with Crippen LogP contribution in [-0.2, 0) is 0 Å². The molecule has 1 aromatic rings. The van der Waals surface area contributed by atoms with E-state index in [-0.39, 0.29) is 0 Å². The molecule has 0 aliphatic carbocycles.